The second-order valence-corrected chi connectivity index (χ2v) is 10.2. The van der Waals surface area contributed by atoms with Gasteiger partial charge in [-0.05, 0) is 25.5 Å². The molecular formula is C22H27N3O8S. The molecule has 34 heavy (non-hydrogen) atoms. The number of nitrogens with one attached hydrogen (secondary N) is 2. The van der Waals surface area contributed by atoms with Gasteiger partial charge in [-0.1, -0.05) is 6.92 Å². The number of aliphatic hydroxyl groups excluding tert-OH is 1. The molecule has 3 aliphatic rings. The highest BCUT2D eigenvalue weighted by atomic mass is 32.2. The molecule has 4 rings (SSSR count). The van der Waals surface area contributed by atoms with Crippen LogP contribution in [0.3, 0.4) is 0 Å². The molecule has 4 heterocycles. The van der Waals surface area contributed by atoms with Crippen LogP contribution in [0.2, 0.25) is 0 Å². The summed E-state index contributed by atoms with van der Waals surface area (Å²) in [6, 6.07) is 2.34. The number of β-lactam (4-membered cyclic amide) rings is 1. The Bertz CT molecular complexity index is 1050. The summed E-state index contributed by atoms with van der Waals surface area (Å²) in [6.07, 6.45) is -0.613. The number of rotatable bonds is 9. The van der Waals surface area contributed by atoms with Gasteiger partial charge in [0, 0.05) is 22.6 Å². The molecule has 1 unspecified atom stereocenters. The van der Waals surface area contributed by atoms with Gasteiger partial charge in [-0.3, -0.25) is 14.4 Å². The molecule has 6 atom stereocenters. The smallest absolute Gasteiger partial charge is 0.353 e. The number of carbonyl (C=O) groups is 4. The average Bonchev–Trinajstić information content (AvgIpc) is 3.45. The molecule has 3 aliphatic heterocycles. The summed E-state index contributed by atoms with van der Waals surface area (Å²) in [5.41, 5.74) is -0.0210. The predicted molar refractivity (Wildman–Crippen MR) is 119 cm³/mol. The third-order valence-electron chi connectivity index (χ3n) is 6.49. The monoisotopic (exact) mass is 493 g/mol. The number of aliphatic carboxylic acids is 2. The highest BCUT2D eigenvalue weighted by Crippen LogP contribution is 2.51. The second-order valence-electron chi connectivity index (χ2n) is 8.86. The predicted octanol–water partition coefficient (Wildman–Crippen LogP) is 0.140. The van der Waals surface area contributed by atoms with Crippen molar-refractivity contribution >= 4 is 35.5 Å². The summed E-state index contributed by atoms with van der Waals surface area (Å²) in [4.78, 5) is 49.6. The average molecular weight is 494 g/mol. The number of amides is 2. The Kier molecular flexibility index (Phi) is 6.74. The van der Waals surface area contributed by atoms with Crippen molar-refractivity contribution in [2.75, 3.05) is 6.54 Å². The minimum absolute atomic E-state index is 0.0210. The fraction of sp³-hybridized carbons (Fsp3) is 0.545. The van der Waals surface area contributed by atoms with Gasteiger partial charge in [0.1, 0.15) is 23.6 Å². The molecule has 5 N–H and O–H groups in total. The van der Waals surface area contributed by atoms with Gasteiger partial charge in [-0.15, -0.1) is 11.8 Å². The Morgan fingerprint density at radius 3 is 2.65 bits per heavy atom. The molecule has 0 radical (unpaired) electrons. The maximum atomic E-state index is 12.6. The first kappa shape index (κ1) is 24.3. The van der Waals surface area contributed by atoms with Crippen molar-refractivity contribution in [1.82, 2.24) is 15.5 Å². The first-order valence-electron chi connectivity index (χ1n) is 11.0. The van der Waals surface area contributed by atoms with Crippen LogP contribution in [-0.4, -0.2) is 74.0 Å². The van der Waals surface area contributed by atoms with Crippen molar-refractivity contribution < 1.29 is 38.9 Å². The minimum Gasteiger partial charge on any atom is -0.481 e. The Labute approximate surface area is 199 Å². The van der Waals surface area contributed by atoms with E-state index < -0.39 is 30.0 Å². The van der Waals surface area contributed by atoms with E-state index in [4.69, 9.17) is 9.52 Å². The van der Waals surface area contributed by atoms with Gasteiger partial charge in [0.15, 0.2) is 0 Å². The molecule has 2 fully saturated rings. The molecular weight excluding hydrogens is 466 g/mol. The van der Waals surface area contributed by atoms with Crippen molar-refractivity contribution in [3.05, 3.63) is 34.3 Å². The summed E-state index contributed by atoms with van der Waals surface area (Å²) < 4.78 is 5.39. The van der Waals surface area contributed by atoms with Gasteiger partial charge in [0.25, 0.3) is 0 Å². The maximum Gasteiger partial charge on any atom is 0.353 e. The summed E-state index contributed by atoms with van der Waals surface area (Å²) in [5.74, 6) is -2.86. The van der Waals surface area contributed by atoms with E-state index in [0.29, 0.717) is 29.4 Å². The van der Waals surface area contributed by atoms with E-state index >= 15 is 0 Å². The Hall–Kier alpha value is -2.83. The number of carboxylic acid groups (broad SMARTS) is 2. The van der Waals surface area contributed by atoms with Crippen LogP contribution < -0.4 is 10.6 Å². The lowest BCUT2D eigenvalue weighted by atomic mass is 9.79. The Morgan fingerprint density at radius 1 is 1.29 bits per heavy atom. The molecule has 11 nitrogen and oxygen atoms in total. The first-order valence-corrected chi connectivity index (χ1v) is 11.9. The highest BCUT2D eigenvalue weighted by Gasteiger charge is 2.60. The van der Waals surface area contributed by atoms with E-state index in [2.05, 4.69) is 10.6 Å². The first-order chi connectivity index (χ1) is 16.1. The van der Waals surface area contributed by atoms with E-state index in [1.165, 1.54) is 23.6 Å². The highest BCUT2D eigenvalue weighted by molar-refractivity contribution is 8.03. The van der Waals surface area contributed by atoms with Crippen LogP contribution in [0, 0.1) is 11.8 Å². The summed E-state index contributed by atoms with van der Waals surface area (Å²) in [5, 5.41) is 34.4. The number of furan rings is 1. The van der Waals surface area contributed by atoms with Crippen LogP contribution in [0.25, 0.3) is 0 Å². The van der Waals surface area contributed by atoms with E-state index in [-0.39, 0.29) is 47.7 Å². The second kappa shape index (κ2) is 9.43. The lowest BCUT2D eigenvalue weighted by molar-refractivity contribution is -0.163. The van der Waals surface area contributed by atoms with Gasteiger partial charge in [-0.2, -0.15) is 0 Å². The molecule has 0 spiro atoms. The largest absolute Gasteiger partial charge is 0.481 e. The molecule has 2 amide bonds. The molecule has 1 aromatic heterocycles. The Morgan fingerprint density at radius 2 is 2.00 bits per heavy atom. The lowest BCUT2D eigenvalue weighted by Gasteiger charge is -2.46. The van der Waals surface area contributed by atoms with Crippen molar-refractivity contribution in [3.63, 3.8) is 0 Å². The summed E-state index contributed by atoms with van der Waals surface area (Å²) in [7, 11) is 0. The SMILES string of the molecule is C[C@H](O)[C@H]1C(=O)N2C(C(=O)O)=C(S[C@@H]3CN[C@H](C(=O)NCc4ccc(CC(=O)O)o4)C3)[C@H](C)C12. The van der Waals surface area contributed by atoms with Gasteiger partial charge >= 0.3 is 11.9 Å². The third kappa shape index (κ3) is 4.44. The number of thioether (sulfide) groups is 1. The maximum absolute atomic E-state index is 12.6. The minimum atomic E-state index is -1.17. The van der Waals surface area contributed by atoms with Crippen LogP contribution in [0.15, 0.2) is 27.2 Å². The molecule has 2 saturated heterocycles. The van der Waals surface area contributed by atoms with Crippen molar-refractivity contribution in [2.45, 2.75) is 56.7 Å². The Balaban J connectivity index is 1.35. The third-order valence-corrected chi connectivity index (χ3v) is 8.00. The molecule has 0 aromatic carbocycles. The zero-order valence-electron chi connectivity index (χ0n) is 18.7. The van der Waals surface area contributed by atoms with E-state index in [1.54, 1.807) is 12.1 Å². The normalized spacial score (nSPS) is 29.1. The van der Waals surface area contributed by atoms with Gasteiger partial charge < -0.3 is 35.3 Å². The molecule has 184 valence electrons. The van der Waals surface area contributed by atoms with Gasteiger partial charge in [0.2, 0.25) is 11.8 Å². The van der Waals surface area contributed by atoms with Crippen LogP contribution in [0.5, 0.6) is 0 Å². The lowest BCUT2D eigenvalue weighted by Crippen LogP contribution is -2.63. The number of aliphatic hydroxyl groups is 1. The van der Waals surface area contributed by atoms with Crippen molar-refractivity contribution in [2.24, 2.45) is 11.8 Å². The fourth-order valence-electron chi connectivity index (χ4n) is 4.91. The van der Waals surface area contributed by atoms with Crippen LogP contribution in [-0.2, 0) is 32.1 Å². The number of hydrogen-bond acceptors (Lipinski definition) is 8. The number of carboxylic acids is 2. The van der Waals surface area contributed by atoms with E-state index in [1.807, 2.05) is 6.92 Å². The molecule has 0 aliphatic carbocycles. The molecule has 0 saturated carbocycles. The molecule has 12 heteroatoms. The topological polar surface area (TPSA) is 169 Å². The number of nitrogens with zero attached hydrogens (tertiary/aromatic N) is 1. The van der Waals surface area contributed by atoms with Crippen LogP contribution >= 0.6 is 11.8 Å². The molecule has 0 bridgehead atoms. The van der Waals surface area contributed by atoms with E-state index in [0.717, 1.165) is 0 Å². The van der Waals surface area contributed by atoms with Gasteiger partial charge in [0.05, 0.1) is 30.7 Å². The summed E-state index contributed by atoms with van der Waals surface area (Å²) >= 11 is 1.37. The summed E-state index contributed by atoms with van der Waals surface area (Å²) in [6.45, 7) is 4.03. The number of hydrogen-bond donors (Lipinski definition) is 5. The zero-order chi connectivity index (χ0) is 24.7. The quantitative estimate of drug-likeness (QED) is 0.298. The van der Waals surface area contributed by atoms with Gasteiger partial charge in [-0.25, -0.2) is 4.79 Å². The van der Waals surface area contributed by atoms with Crippen molar-refractivity contribution in [1.29, 1.82) is 0 Å². The van der Waals surface area contributed by atoms with Crippen LogP contribution in [0.1, 0.15) is 31.8 Å². The van der Waals surface area contributed by atoms with Crippen LogP contribution in [0.4, 0.5) is 0 Å². The fourth-order valence-corrected chi connectivity index (χ4v) is 6.39. The number of carbonyl (C=O) groups excluding carboxylic acids is 2. The standard InChI is InChI=1S/C22H27N3O8S/c1-9-17-16(10(2)26)21(30)25(17)18(22(31)32)19(9)34-13-6-14(23-8-13)20(29)24-7-12-4-3-11(33-12)5-15(27)28/h3-4,9-10,13-14,16-17,23,26H,5-8H2,1-2H3,(H,24,29)(H,27,28)(H,31,32)/t9-,10+,13+,14+,16-,17?/m1/s1. The van der Waals surface area contributed by atoms with Crippen molar-refractivity contribution in [3.8, 4) is 0 Å². The zero-order valence-corrected chi connectivity index (χ0v) is 19.5. The number of fused-ring (bicyclic) bond motifs is 1. The molecule has 1 aromatic rings. The van der Waals surface area contributed by atoms with E-state index in [9.17, 15) is 29.4 Å².